The third-order valence-electron chi connectivity index (χ3n) is 4.73. The zero-order chi connectivity index (χ0) is 12.7. The summed E-state index contributed by atoms with van der Waals surface area (Å²) in [6.07, 6.45) is 8.83. The van der Waals surface area contributed by atoms with Gasteiger partial charge in [-0.05, 0) is 37.0 Å². The number of likely N-dealkylation sites (tertiary alicyclic amines) is 1. The summed E-state index contributed by atoms with van der Waals surface area (Å²) in [4.78, 5) is 24.4. The lowest BCUT2D eigenvalue weighted by Gasteiger charge is -2.41. The highest BCUT2D eigenvalue weighted by molar-refractivity contribution is 5.81. The van der Waals surface area contributed by atoms with Crippen LogP contribution in [-0.2, 0) is 9.59 Å². The fourth-order valence-electron chi connectivity index (χ4n) is 3.48. The Hall–Kier alpha value is -1.32. The molecule has 0 unspecified atom stereocenters. The van der Waals surface area contributed by atoms with Crippen molar-refractivity contribution >= 4 is 11.9 Å². The minimum atomic E-state index is -0.779. The van der Waals surface area contributed by atoms with Crippen LogP contribution in [0.2, 0.25) is 0 Å². The molecule has 0 spiro atoms. The Kier molecular flexibility index (Phi) is 2.88. The van der Waals surface area contributed by atoms with Crippen LogP contribution in [0.15, 0.2) is 12.2 Å². The number of carboxylic acids is 1. The molecule has 18 heavy (non-hydrogen) atoms. The van der Waals surface area contributed by atoms with Gasteiger partial charge in [-0.3, -0.25) is 9.59 Å². The summed E-state index contributed by atoms with van der Waals surface area (Å²) in [7, 11) is 0. The molecule has 4 nitrogen and oxygen atoms in total. The number of rotatable bonds is 3. The topological polar surface area (TPSA) is 57.6 Å². The number of hydrogen-bond donors (Lipinski definition) is 1. The third-order valence-corrected chi connectivity index (χ3v) is 4.73. The Labute approximate surface area is 107 Å². The van der Waals surface area contributed by atoms with Gasteiger partial charge in [-0.25, -0.2) is 0 Å². The predicted molar refractivity (Wildman–Crippen MR) is 65.8 cm³/mol. The fraction of sp³-hybridized carbons (Fsp3) is 0.714. The van der Waals surface area contributed by atoms with E-state index in [4.69, 9.17) is 5.11 Å². The molecule has 2 bridgehead atoms. The maximum absolute atomic E-state index is 12.0. The van der Waals surface area contributed by atoms with E-state index in [0.29, 0.717) is 37.3 Å². The summed E-state index contributed by atoms with van der Waals surface area (Å²) in [5.74, 6) is 0.783. The van der Waals surface area contributed by atoms with Crippen molar-refractivity contribution in [3.05, 3.63) is 12.2 Å². The van der Waals surface area contributed by atoms with Gasteiger partial charge >= 0.3 is 5.97 Å². The molecule has 1 N–H and O–H groups in total. The van der Waals surface area contributed by atoms with Crippen LogP contribution in [0.5, 0.6) is 0 Å². The first kappa shape index (κ1) is 11.8. The van der Waals surface area contributed by atoms with E-state index in [1.54, 1.807) is 4.90 Å². The van der Waals surface area contributed by atoms with Gasteiger partial charge < -0.3 is 10.0 Å². The maximum Gasteiger partial charge on any atom is 0.310 e. The molecule has 0 aromatic carbocycles. The minimum Gasteiger partial charge on any atom is -0.481 e. The first-order valence-electron chi connectivity index (χ1n) is 6.82. The first-order chi connectivity index (χ1) is 8.63. The number of fused-ring (bicyclic) bond motifs is 2. The lowest BCUT2D eigenvalue weighted by Crippen LogP contribution is -2.53. The highest BCUT2D eigenvalue weighted by Gasteiger charge is 2.38. The van der Waals surface area contributed by atoms with E-state index in [1.807, 2.05) is 0 Å². The number of hydrogen-bond acceptors (Lipinski definition) is 2. The summed E-state index contributed by atoms with van der Waals surface area (Å²) in [5, 5.41) is 8.79. The van der Waals surface area contributed by atoms with Crippen LogP contribution in [0.1, 0.15) is 25.7 Å². The van der Waals surface area contributed by atoms with Crippen molar-refractivity contribution in [1.29, 1.82) is 0 Å². The van der Waals surface area contributed by atoms with Crippen LogP contribution in [-0.4, -0.2) is 35.0 Å². The van der Waals surface area contributed by atoms with Crippen molar-refractivity contribution < 1.29 is 14.7 Å². The zero-order valence-electron chi connectivity index (χ0n) is 10.4. The van der Waals surface area contributed by atoms with Crippen molar-refractivity contribution in [1.82, 2.24) is 4.90 Å². The Balaban J connectivity index is 1.51. The molecule has 3 atom stereocenters. The second-order valence-corrected chi connectivity index (χ2v) is 5.92. The number of carbonyl (C=O) groups is 2. The summed E-state index contributed by atoms with van der Waals surface area (Å²) >= 11 is 0. The van der Waals surface area contributed by atoms with Gasteiger partial charge in [-0.15, -0.1) is 0 Å². The quantitative estimate of drug-likeness (QED) is 0.771. The van der Waals surface area contributed by atoms with Crippen molar-refractivity contribution in [3.63, 3.8) is 0 Å². The monoisotopic (exact) mass is 249 g/mol. The summed E-state index contributed by atoms with van der Waals surface area (Å²) < 4.78 is 0. The molecule has 2 fully saturated rings. The molecule has 3 aliphatic carbocycles. The SMILES string of the molecule is O=C(O)C1CN(C(=O)C[C@@H]2C[C@@H]3C=C[C@H]2CC3)C1. The van der Waals surface area contributed by atoms with Gasteiger partial charge in [0.1, 0.15) is 0 Å². The van der Waals surface area contributed by atoms with E-state index in [9.17, 15) is 9.59 Å². The van der Waals surface area contributed by atoms with Gasteiger partial charge in [0.15, 0.2) is 0 Å². The maximum atomic E-state index is 12.0. The molecular weight excluding hydrogens is 230 g/mol. The molecule has 1 saturated heterocycles. The summed E-state index contributed by atoms with van der Waals surface area (Å²) in [5.41, 5.74) is 0. The van der Waals surface area contributed by atoms with Gasteiger partial charge in [0.25, 0.3) is 0 Å². The minimum absolute atomic E-state index is 0.151. The average molecular weight is 249 g/mol. The number of nitrogens with zero attached hydrogens (tertiary/aromatic N) is 1. The lowest BCUT2D eigenvalue weighted by atomic mass is 9.68. The average Bonchev–Trinajstić information content (AvgIpc) is 2.27. The lowest BCUT2D eigenvalue weighted by molar-refractivity contribution is -0.153. The van der Waals surface area contributed by atoms with Crippen molar-refractivity contribution in [2.45, 2.75) is 25.7 Å². The van der Waals surface area contributed by atoms with Gasteiger partial charge in [0.05, 0.1) is 5.92 Å². The molecule has 1 heterocycles. The zero-order valence-corrected chi connectivity index (χ0v) is 10.4. The first-order valence-corrected chi connectivity index (χ1v) is 6.82. The van der Waals surface area contributed by atoms with Crippen LogP contribution in [0.25, 0.3) is 0 Å². The molecule has 1 aliphatic heterocycles. The molecule has 1 saturated carbocycles. The van der Waals surface area contributed by atoms with Gasteiger partial charge in [0.2, 0.25) is 5.91 Å². The third kappa shape index (κ3) is 2.04. The molecule has 98 valence electrons. The van der Waals surface area contributed by atoms with Gasteiger partial charge in [-0.1, -0.05) is 12.2 Å². The molecule has 0 aromatic heterocycles. The Morgan fingerprint density at radius 1 is 1.22 bits per heavy atom. The van der Waals surface area contributed by atoms with E-state index < -0.39 is 5.97 Å². The van der Waals surface area contributed by atoms with E-state index in [-0.39, 0.29) is 11.8 Å². The number of aliphatic carboxylic acids is 1. The van der Waals surface area contributed by atoms with E-state index >= 15 is 0 Å². The second kappa shape index (κ2) is 4.41. The van der Waals surface area contributed by atoms with Gasteiger partial charge in [-0.2, -0.15) is 0 Å². The summed E-state index contributed by atoms with van der Waals surface area (Å²) in [6.45, 7) is 0.815. The van der Waals surface area contributed by atoms with E-state index in [2.05, 4.69) is 12.2 Å². The smallest absolute Gasteiger partial charge is 0.310 e. The van der Waals surface area contributed by atoms with Crippen molar-refractivity contribution in [2.24, 2.45) is 23.7 Å². The normalized spacial score (nSPS) is 34.4. The molecule has 4 rings (SSSR count). The molecule has 0 aromatic rings. The Bertz CT molecular complexity index is 398. The van der Waals surface area contributed by atoms with Crippen LogP contribution >= 0.6 is 0 Å². The molecule has 0 radical (unpaired) electrons. The molecule has 4 aliphatic rings. The van der Waals surface area contributed by atoms with Crippen LogP contribution in [0.3, 0.4) is 0 Å². The second-order valence-electron chi connectivity index (χ2n) is 5.92. The van der Waals surface area contributed by atoms with Crippen LogP contribution in [0, 0.1) is 23.7 Å². The molecule has 1 amide bonds. The Morgan fingerprint density at radius 2 is 2.00 bits per heavy atom. The van der Waals surface area contributed by atoms with E-state index in [0.717, 1.165) is 6.42 Å². The van der Waals surface area contributed by atoms with Crippen LogP contribution < -0.4 is 0 Å². The molecular formula is C14H19NO3. The van der Waals surface area contributed by atoms with Crippen LogP contribution in [0.4, 0.5) is 0 Å². The van der Waals surface area contributed by atoms with E-state index in [1.165, 1.54) is 12.8 Å². The fourth-order valence-corrected chi connectivity index (χ4v) is 3.48. The number of carbonyl (C=O) groups excluding carboxylic acids is 1. The molecule has 4 heteroatoms. The van der Waals surface area contributed by atoms with Crippen molar-refractivity contribution in [3.8, 4) is 0 Å². The van der Waals surface area contributed by atoms with Gasteiger partial charge in [0, 0.05) is 19.5 Å². The largest absolute Gasteiger partial charge is 0.481 e. The highest BCUT2D eigenvalue weighted by Crippen LogP contribution is 2.42. The number of carboxylic acid groups (broad SMARTS) is 1. The standard InChI is InChI=1S/C14H19NO3/c16-13(15-7-12(8-15)14(17)18)6-11-5-9-1-3-10(11)4-2-9/h1,3,9-12H,2,4-8H2,(H,17,18)/t9-,10+,11+/m1/s1. The highest BCUT2D eigenvalue weighted by atomic mass is 16.4. The number of amides is 1. The number of allylic oxidation sites excluding steroid dienone is 2. The van der Waals surface area contributed by atoms with Crippen molar-refractivity contribution in [2.75, 3.05) is 13.1 Å². The predicted octanol–water partition coefficient (Wildman–Crippen LogP) is 1.52. The summed E-state index contributed by atoms with van der Waals surface area (Å²) in [6, 6.07) is 0. The Morgan fingerprint density at radius 3 is 2.50 bits per heavy atom.